The average molecular weight is 313 g/mol. The van der Waals surface area contributed by atoms with Crippen molar-refractivity contribution < 1.29 is 0 Å². The van der Waals surface area contributed by atoms with E-state index >= 15 is 0 Å². The summed E-state index contributed by atoms with van der Waals surface area (Å²) in [4.78, 5) is 0. The lowest BCUT2D eigenvalue weighted by atomic mass is 9.88. The minimum atomic E-state index is 0.515. The zero-order chi connectivity index (χ0) is 13.9. The molecule has 1 heterocycles. The highest BCUT2D eigenvalue weighted by Crippen LogP contribution is 2.36. The molecule has 1 aliphatic carbocycles. The summed E-state index contributed by atoms with van der Waals surface area (Å²) >= 11 is 12.4. The van der Waals surface area contributed by atoms with Crippen molar-refractivity contribution in [3.8, 4) is 0 Å². The smallest absolute Gasteiger partial charge is 0.0823 e. The molecular formula is C16H22Cl2N2. The van der Waals surface area contributed by atoms with Crippen LogP contribution in [0.2, 0.25) is 10.0 Å². The first-order chi connectivity index (χ1) is 9.75. The second-order valence-electron chi connectivity index (χ2n) is 6.00. The van der Waals surface area contributed by atoms with Crippen molar-refractivity contribution in [2.45, 2.75) is 50.6 Å². The van der Waals surface area contributed by atoms with Crippen LogP contribution in [0.4, 0.5) is 5.69 Å². The van der Waals surface area contributed by atoms with Crippen molar-refractivity contribution in [2.75, 3.05) is 11.9 Å². The van der Waals surface area contributed by atoms with E-state index in [0.29, 0.717) is 28.0 Å². The van der Waals surface area contributed by atoms with Crippen molar-refractivity contribution in [1.82, 2.24) is 5.32 Å². The fourth-order valence-electron chi connectivity index (χ4n) is 3.71. The minimum Gasteiger partial charge on any atom is -0.381 e. The third kappa shape index (κ3) is 3.08. The van der Waals surface area contributed by atoms with E-state index in [9.17, 15) is 0 Å². The quantitative estimate of drug-likeness (QED) is 0.844. The monoisotopic (exact) mass is 312 g/mol. The molecule has 2 fully saturated rings. The van der Waals surface area contributed by atoms with Crippen molar-refractivity contribution in [3.05, 3.63) is 28.2 Å². The summed E-state index contributed by atoms with van der Waals surface area (Å²) in [5.41, 5.74) is 0.979. The van der Waals surface area contributed by atoms with Gasteiger partial charge in [0.1, 0.15) is 0 Å². The molecule has 3 unspecified atom stereocenters. The fraction of sp³-hybridized carbons (Fsp3) is 0.625. The molecule has 3 atom stereocenters. The van der Waals surface area contributed by atoms with Crippen molar-refractivity contribution in [1.29, 1.82) is 0 Å². The molecule has 2 N–H and O–H groups in total. The number of piperidine rings is 1. The second kappa shape index (κ2) is 6.55. The van der Waals surface area contributed by atoms with Crippen molar-refractivity contribution in [3.63, 3.8) is 0 Å². The lowest BCUT2D eigenvalue weighted by Gasteiger charge is -2.33. The van der Waals surface area contributed by atoms with Crippen LogP contribution in [0.1, 0.15) is 38.5 Å². The van der Waals surface area contributed by atoms with Gasteiger partial charge in [-0.15, -0.1) is 0 Å². The molecule has 1 saturated heterocycles. The maximum Gasteiger partial charge on any atom is 0.0823 e. The summed E-state index contributed by atoms with van der Waals surface area (Å²) in [5, 5.41) is 8.62. The Morgan fingerprint density at radius 1 is 1.05 bits per heavy atom. The van der Waals surface area contributed by atoms with Gasteiger partial charge in [-0.05, 0) is 50.3 Å². The second-order valence-corrected chi connectivity index (χ2v) is 6.79. The topological polar surface area (TPSA) is 24.1 Å². The van der Waals surface area contributed by atoms with Gasteiger partial charge in [0.05, 0.1) is 15.7 Å². The van der Waals surface area contributed by atoms with Gasteiger partial charge in [0.25, 0.3) is 0 Å². The van der Waals surface area contributed by atoms with Gasteiger partial charge in [0.2, 0.25) is 0 Å². The summed E-state index contributed by atoms with van der Waals surface area (Å²) in [5.74, 6) is 0.713. The molecule has 0 radical (unpaired) electrons. The third-order valence-electron chi connectivity index (χ3n) is 4.73. The van der Waals surface area contributed by atoms with Crippen LogP contribution in [0.15, 0.2) is 18.2 Å². The van der Waals surface area contributed by atoms with Gasteiger partial charge in [-0.25, -0.2) is 0 Å². The van der Waals surface area contributed by atoms with Crippen molar-refractivity contribution in [2.24, 2.45) is 5.92 Å². The molecule has 110 valence electrons. The largest absolute Gasteiger partial charge is 0.381 e. The SMILES string of the molecule is Clc1cccc(NC2CCCC2C2CCCCN2)c1Cl. The fourth-order valence-corrected chi connectivity index (χ4v) is 4.06. The van der Waals surface area contributed by atoms with Crippen LogP contribution in [0, 0.1) is 5.92 Å². The number of anilines is 1. The Morgan fingerprint density at radius 3 is 2.75 bits per heavy atom. The first-order valence-corrected chi connectivity index (χ1v) is 8.45. The minimum absolute atomic E-state index is 0.515. The van der Waals surface area contributed by atoms with Gasteiger partial charge < -0.3 is 10.6 Å². The lowest BCUT2D eigenvalue weighted by Crippen LogP contribution is -2.44. The van der Waals surface area contributed by atoms with Crippen LogP contribution in [0.3, 0.4) is 0 Å². The lowest BCUT2D eigenvalue weighted by molar-refractivity contribution is 0.286. The molecule has 0 bridgehead atoms. The molecule has 1 aromatic rings. The summed E-state index contributed by atoms with van der Waals surface area (Å²) < 4.78 is 0. The van der Waals surface area contributed by atoms with Crippen molar-refractivity contribution >= 4 is 28.9 Å². The Bertz CT molecular complexity index is 458. The highest BCUT2D eigenvalue weighted by atomic mass is 35.5. The molecule has 1 aliphatic heterocycles. The highest BCUT2D eigenvalue weighted by molar-refractivity contribution is 6.43. The van der Waals surface area contributed by atoms with E-state index < -0.39 is 0 Å². The summed E-state index contributed by atoms with van der Waals surface area (Å²) in [7, 11) is 0. The normalized spacial score (nSPS) is 30.4. The molecule has 1 aromatic carbocycles. The van der Waals surface area contributed by atoms with Gasteiger partial charge in [-0.3, -0.25) is 0 Å². The molecule has 2 aliphatic rings. The molecular weight excluding hydrogens is 291 g/mol. The van der Waals surface area contributed by atoms with Crippen LogP contribution in [-0.2, 0) is 0 Å². The highest BCUT2D eigenvalue weighted by Gasteiger charge is 2.34. The zero-order valence-electron chi connectivity index (χ0n) is 11.7. The van der Waals surface area contributed by atoms with Gasteiger partial charge in [0, 0.05) is 12.1 Å². The van der Waals surface area contributed by atoms with E-state index in [0.717, 1.165) is 5.69 Å². The summed E-state index contributed by atoms with van der Waals surface area (Å²) in [6.45, 7) is 1.17. The Labute approximate surface area is 131 Å². The molecule has 20 heavy (non-hydrogen) atoms. The average Bonchev–Trinajstić information content (AvgIpc) is 2.93. The van der Waals surface area contributed by atoms with Crippen LogP contribution >= 0.6 is 23.2 Å². The number of rotatable bonds is 3. The number of halogens is 2. The molecule has 0 aromatic heterocycles. The third-order valence-corrected chi connectivity index (χ3v) is 5.55. The Morgan fingerprint density at radius 2 is 1.95 bits per heavy atom. The Kier molecular flexibility index (Phi) is 4.75. The van der Waals surface area contributed by atoms with Gasteiger partial charge in [-0.2, -0.15) is 0 Å². The Hall–Kier alpha value is -0.440. The van der Waals surface area contributed by atoms with E-state index in [-0.39, 0.29) is 0 Å². The Balaban J connectivity index is 1.70. The first-order valence-electron chi connectivity index (χ1n) is 7.69. The van der Waals surface area contributed by atoms with E-state index in [2.05, 4.69) is 10.6 Å². The molecule has 2 nitrogen and oxygen atoms in total. The summed E-state index contributed by atoms with van der Waals surface area (Å²) in [6.07, 6.45) is 7.84. The molecule has 1 saturated carbocycles. The van der Waals surface area contributed by atoms with E-state index in [4.69, 9.17) is 23.2 Å². The standard InChI is InChI=1S/C16H22Cl2N2/c17-12-6-4-9-15(16(12)18)20-14-8-3-5-11(14)13-7-1-2-10-19-13/h4,6,9,11,13-14,19-20H,1-3,5,7-8,10H2. The van der Waals surface area contributed by atoms with Crippen LogP contribution in [0.5, 0.6) is 0 Å². The van der Waals surface area contributed by atoms with E-state index in [1.54, 1.807) is 0 Å². The van der Waals surface area contributed by atoms with E-state index in [1.807, 2.05) is 18.2 Å². The molecule has 3 rings (SSSR count). The molecule has 4 heteroatoms. The van der Waals surface area contributed by atoms with E-state index in [1.165, 1.54) is 45.1 Å². The zero-order valence-corrected chi connectivity index (χ0v) is 13.2. The van der Waals surface area contributed by atoms with Gasteiger partial charge >= 0.3 is 0 Å². The van der Waals surface area contributed by atoms with Crippen LogP contribution in [-0.4, -0.2) is 18.6 Å². The number of benzene rings is 1. The number of nitrogens with one attached hydrogen (secondary N) is 2. The van der Waals surface area contributed by atoms with Crippen LogP contribution in [0.25, 0.3) is 0 Å². The van der Waals surface area contributed by atoms with Crippen LogP contribution < -0.4 is 10.6 Å². The number of hydrogen-bond acceptors (Lipinski definition) is 2. The number of hydrogen-bond donors (Lipinski definition) is 2. The summed E-state index contributed by atoms with van der Waals surface area (Å²) in [6, 6.07) is 7.00. The molecule has 0 spiro atoms. The van der Waals surface area contributed by atoms with Gasteiger partial charge in [-0.1, -0.05) is 42.1 Å². The maximum atomic E-state index is 6.30. The predicted octanol–water partition coefficient (Wildman–Crippen LogP) is 4.72. The molecule has 0 amide bonds. The first kappa shape index (κ1) is 14.5. The maximum absolute atomic E-state index is 6.30. The predicted molar refractivity (Wildman–Crippen MR) is 86.9 cm³/mol. The van der Waals surface area contributed by atoms with Gasteiger partial charge in [0.15, 0.2) is 0 Å².